The number of amides is 1. The van der Waals surface area contributed by atoms with E-state index in [1.54, 1.807) is 19.2 Å². The molecule has 0 aliphatic carbocycles. The van der Waals surface area contributed by atoms with E-state index in [2.05, 4.69) is 24.1 Å². The summed E-state index contributed by atoms with van der Waals surface area (Å²) in [4.78, 5) is 16.2. The number of methoxy groups -OCH3 is 1. The van der Waals surface area contributed by atoms with Crippen LogP contribution in [0.4, 0.5) is 5.69 Å². The Morgan fingerprint density at radius 3 is 2.55 bits per heavy atom. The third-order valence-corrected chi connectivity index (χ3v) is 3.04. The van der Waals surface area contributed by atoms with Crippen LogP contribution in [0.2, 0.25) is 0 Å². The van der Waals surface area contributed by atoms with E-state index < -0.39 is 0 Å². The minimum absolute atomic E-state index is 0.173. The molecule has 0 unspecified atom stereocenters. The van der Waals surface area contributed by atoms with Gasteiger partial charge in [-0.2, -0.15) is 0 Å². The lowest BCUT2D eigenvalue weighted by Crippen LogP contribution is -2.14. The Morgan fingerprint density at radius 2 is 1.95 bits per heavy atom. The van der Waals surface area contributed by atoms with E-state index in [4.69, 9.17) is 4.74 Å². The number of para-hydroxylation sites is 1. The largest absolute Gasteiger partial charge is 0.481 e. The first-order valence-corrected chi connectivity index (χ1v) is 6.52. The number of pyridine rings is 1. The van der Waals surface area contributed by atoms with Crippen LogP contribution in [0, 0.1) is 0 Å². The van der Waals surface area contributed by atoms with Crippen LogP contribution >= 0.6 is 0 Å². The lowest BCUT2D eigenvalue weighted by molar-refractivity contribution is 0.102. The molecule has 0 radical (unpaired) electrons. The second kappa shape index (κ2) is 6.19. The molecule has 0 saturated carbocycles. The highest BCUT2D eigenvalue weighted by atomic mass is 16.5. The van der Waals surface area contributed by atoms with Gasteiger partial charge in [0.05, 0.1) is 12.7 Å². The smallest absolute Gasteiger partial charge is 0.257 e. The lowest BCUT2D eigenvalue weighted by atomic mass is 10.0. The molecular formula is C16H18N2O2. The topological polar surface area (TPSA) is 51.2 Å². The van der Waals surface area contributed by atoms with Crippen LogP contribution < -0.4 is 10.1 Å². The number of anilines is 1. The maximum Gasteiger partial charge on any atom is 0.257 e. The number of nitrogens with one attached hydrogen (secondary N) is 1. The summed E-state index contributed by atoms with van der Waals surface area (Å²) < 4.78 is 4.97. The molecule has 1 amide bonds. The molecule has 2 rings (SSSR count). The van der Waals surface area contributed by atoms with Crippen molar-refractivity contribution in [1.29, 1.82) is 0 Å². The molecule has 1 aromatic heterocycles. The van der Waals surface area contributed by atoms with Gasteiger partial charge in [0.15, 0.2) is 0 Å². The van der Waals surface area contributed by atoms with Crippen LogP contribution in [0.15, 0.2) is 42.6 Å². The Bertz CT molecular complexity index is 592. The third-order valence-electron chi connectivity index (χ3n) is 3.04. The number of hydrogen-bond acceptors (Lipinski definition) is 3. The van der Waals surface area contributed by atoms with Gasteiger partial charge < -0.3 is 10.1 Å². The standard InChI is InChI=1S/C16H18N2O2/c1-11(2)13-6-4-5-7-14(13)18-16(19)12-8-9-15(20-3)17-10-12/h4-11H,1-3H3,(H,18,19). The minimum atomic E-state index is -0.173. The van der Waals surface area contributed by atoms with Crippen LogP contribution in [0.5, 0.6) is 5.88 Å². The highest BCUT2D eigenvalue weighted by Gasteiger charge is 2.11. The summed E-state index contributed by atoms with van der Waals surface area (Å²) in [5.74, 6) is 0.665. The monoisotopic (exact) mass is 270 g/mol. The van der Waals surface area contributed by atoms with E-state index in [-0.39, 0.29) is 5.91 Å². The van der Waals surface area contributed by atoms with E-state index in [0.29, 0.717) is 17.4 Å². The van der Waals surface area contributed by atoms with Crippen molar-refractivity contribution in [2.24, 2.45) is 0 Å². The van der Waals surface area contributed by atoms with Gasteiger partial charge in [0, 0.05) is 18.0 Å². The van der Waals surface area contributed by atoms with Gasteiger partial charge in [0.2, 0.25) is 5.88 Å². The fraction of sp³-hybridized carbons (Fsp3) is 0.250. The molecule has 4 heteroatoms. The zero-order valence-electron chi connectivity index (χ0n) is 11.9. The van der Waals surface area contributed by atoms with Crippen LogP contribution in [0.3, 0.4) is 0 Å². The van der Waals surface area contributed by atoms with Crippen LogP contribution in [-0.2, 0) is 0 Å². The summed E-state index contributed by atoms with van der Waals surface area (Å²) in [6.07, 6.45) is 1.51. The van der Waals surface area contributed by atoms with Crippen LogP contribution in [0.1, 0.15) is 35.7 Å². The second-order valence-electron chi connectivity index (χ2n) is 4.79. The van der Waals surface area contributed by atoms with Crippen molar-refractivity contribution < 1.29 is 9.53 Å². The van der Waals surface area contributed by atoms with Crippen molar-refractivity contribution in [1.82, 2.24) is 4.98 Å². The van der Waals surface area contributed by atoms with Gasteiger partial charge in [-0.15, -0.1) is 0 Å². The average molecular weight is 270 g/mol. The summed E-state index contributed by atoms with van der Waals surface area (Å²) in [5.41, 5.74) is 2.45. The summed E-state index contributed by atoms with van der Waals surface area (Å²) in [6, 6.07) is 11.2. The van der Waals surface area contributed by atoms with E-state index in [1.165, 1.54) is 6.20 Å². The Morgan fingerprint density at radius 1 is 1.20 bits per heavy atom. The molecule has 0 atom stereocenters. The van der Waals surface area contributed by atoms with E-state index in [9.17, 15) is 4.79 Å². The number of carbonyl (C=O) groups is 1. The lowest BCUT2D eigenvalue weighted by Gasteiger charge is -2.13. The zero-order valence-corrected chi connectivity index (χ0v) is 11.9. The maximum atomic E-state index is 12.2. The van der Waals surface area contributed by atoms with Crippen LogP contribution in [0.25, 0.3) is 0 Å². The molecule has 2 aromatic rings. The normalized spacial score (nSPS) is 10.4. The molecule has 0 aliphatic heterocycles. The van der Waals surface area contributed by atoms with Gasteiger partial charge in [-0.1, -0.05) is 32.0 Å². The van der Waals surface area contributed by atoms with Gasteiger partial charge in [0.1, 0.15) is 0 Å². The summed E-state index contributed by atoms with van der Waals surface area (Å²) in [7, 11) is 1.54. The van der Waals surface area contributed by atoms with Crippen molar-refractivity contribution in [2.45, 2.75) is 19.8 Å². The van der Waals surface area contributed by atoms with Crippen molar-refractivity contribution in [3.8, 4) is 5.88 Å². The summed E-state index contributed by atoms with van der Waals surface area (Å²) in [5, 5.41) is 2.93. The number of ether oxygens (including phenoxy) is 1. The first kappa shape index (κ1) is 14.1. The Balaban J connectivity index is 2.19. The number of aromatic nitrogens is 1. The molecular weight excluding hydrogens is 252 g/mol. The third kappa shape index (κ3) is 3.15. The maximum absolute atomic E-state index is 12.2. The van der Waals surface area contributed by atoms with E-state index >= 15 is 0 Å². The number of nitrogens with zero attached hydrogens (tertiary/aromatic N) is 1. The fourth-order valence-electron chi connectivity index (χ4n) is 1.94. The molecule has 0 saturated heterocycles. The molecule has 4 nitrogen and oxygen atoms in total. The molecule has 1 heterocycles. The highest BCUT2D eigenvalue weighted by molar-refractivity contribution is 6.04. The average Bonchev–Trinajstić information content (AvgIpc) is 2.47. The Labute approximate surface area is 118 Å². The molecule has 0 fully saturated rings. The molecule has 1 N–H and O–H groups in total. The molecule has 0 bridgehead atoms. The first-order valence-electron chi connectivity index (χ1n) is 6.52. The summed E-state index contributed by atoms with van der Waals surface area (Å²) >= 11 is 0. The predicted molar refractivity (Wildman–Crippen MR) is 79.3 cm³/mol. The number of rotatable bonds is 4. The van der Waals surface area contributed by atoms with E-state index in [1.807, 2.05) is 24.3 Å². The van der Waals surface area contributed by atoms with E-state index in [0.717, 1.165) is 11.3 Å². The van der Waals surface area contributed by atoms with Crippen molar-refractivity contribution in [3.63, 3.8) is 0 Å². The van der Waals surface area contributed by atoms with Crippen LogP contribution in [-0.4, -0.2) is 18.0 Å². The SMILES string of the molecule is COc1ccc(C(=O)Nc2ccccc2C(C)C)cn1. The van der Waals surface area contributed by atoms with Gasteiger partial charge >= 0.3 is 0 Å². The quantitative estimate of drug-likeness (QED) is 0.925. The first-order chi connectivity index (χ1) is 9.61. The molecule has 20 heavy (non-hydrogen) atoms. The number of carbonyl (C=O) groups excluding carboxylic acids is 1. The fourth-order valence-corrected chi connectivity index (χ4v) is 1.94. The van der Waals surface area contributed by atoms with Gasteiger partial charge in [-0.3, -0.25) is 4.79 Å². The van der Waals surface area contributed by atoms with Crippen molar-refractivity contribution in [2.75, 3.05) is 12.4 Å². The van der Waals surface area contributed by atoms with Gasteiger partial charge in [0.25, 0.3) is 5.91 Å². The predicted octanol–water partition coefficient (Wildman–Crippen LogP) is 3.47. The molecule has 0 spiro atoms. The van der Waals surface area contributed by atoms with Crippen molar-refractivity contribution >= 4 is 11.6 Å². The van der Waals surface area contributed by atoms with Gasteiger partial charge in [-0.05, 0) is 23.6 Å². The molecule has 1 aromatic carbocycles. The highest BCUT2D eigenvalue weighted by Crippen LogP contribution is 2.24. The number of hydrogen-bond donors (Lipinski definition) is 1. The van der Waals surface area contributed by atoms with Gasteiger partial charge in [-0.25, -0.2) is 4.98 Å². The minimum Gasteiger partial charge on any atom is -0.481 e. The summed E-state index contributed by atoms with van der Waals surface area (Å²) in [6.45, 7) is 4.19. The molecule has 104 valence electrons. The van der Waals surface area contributed by atoms with Crippen molar-refractivity contribution in [3.05, 3.63) is 53.7 Å². The Kier molecular flexibility index (Phi) is 4.35. The number of benzene rings is 1. The molecule has 0 aliphatic rings. The Hall–Kier alpha value is -2.36. The second-order valence-corrected chi connectivity index (χ2v) is 4.79. The zero-order chi connectivity index (χ0) is 14.5.